The van der Waals surface area contributed by atoms with Crippen LogP contribution < -0.4 is 5.32 Å². The molecule has 0 aliphatic rings. The molecule has 4 aromatic rings. The van der Waals surface area contributed by atoms with Crippen molar-refractivity contribution in [2.75, 3.05) is 12.4 Å². The van der Waals surface area contributed by atoms with Gasteiger partial charge in [0.1, 0.15) is 0 Å². The molecule has 0 saturated carbocycles. The number of nitrogens with one attached hydrogen (secondary N) is 1. The number of halogens is 1. The lowest BCUT2D eigenvalue weighted by molar-refractivity contribution is 0.102. The second-order valence-corrected chi connectivity index (χ2v) is 7.39. The Morgan fingerprint density at radius 1 is 1.13 bits per heavy atom. The average Bonchev–Trinajstić information content (AvgIpc) is 3.08. The maximum Gasteiger partial charge on any atom is 0.278 e. The topological polar surface area (TPSA) is 81.4 Å². The van der Waals surface area contributed by atoms with Crippen LogP contribution >= 0.6 is 11.6 Å². The highest BCUT2D eigenvalue weighted by Crippen LogP contribution is 2.29. The summed E-state index contributed by atoms with van der Waals surface area (Å²) in [6.07, 6.45) is 0. The lowest BCUT2D eigenvalue weighted by atomic mass is 10.1. The van der Waals surface area contributed by atoms with Gasteiger partial charge in [-0.25, -0.2) is 4.52 Å². The minimum absolute atomic E-state index is 0.207. The first-order valence-electron chi connectivity index (χ1n) is 9.35. The Labute approximate surface area is 178 Å². The van der Waals surface area contributed by atoms with E-state index in [-0.39, 0.29) is 11.6 Å². The zero-order valence-electron chi connectivity index (χ0n) is 16.8. The lowest BCUT2D eigenvalue weighted by Crippen LogP contribution is -2.18. The molecule has 0 aliphatic heterocycles. The summed E-state index contributed by atoms with van der Waals surface area (Å²) in [5.74, 6) is -0.343. The number of benzene rings is 2. The third kappa shape index (κ3) is 3.77. The van der Waals surface area contributed by atoms with E-state index >= 15 is 0 Å². The number of carbonyl (C=O) groups is 1. The van der Waals surface area contributed by atoms with E-state index in [1.165, 1.54) is 0 Å². The quantitative estimate of drug-likeness (QED) is 0.514. The van der Waals surface area contributed by atoms with E-state index in [1.807, 2.05) is 43.3 Å². The van der Waals surface area contributed by atoms with Crippen LogP contribution in [0.2, 0.25) is 5.02 Å². The van der Waals surface area contributed by atoms with Crippen LogP contribution in [0.3, 0.4) is 0 Å². The summed E-state index contributed by atoms with van der Waals surface area (Å²) in [6.45, 7) is 4.06. The van der Waals surface area contributed by atoms with Crippen molar-refractivity contribution >= 4 is 28.8 Å². The Balaban J connectivity index is 1.79. The van der Waals surface area contributed by atoms with Gasteiger partial charge in [-0.05, 0) is 49.2 Å². The second kappa shape index (κ2) is 8.22. The number of methoxy groups -OCH3 is 1. The molecule has 8 heteroatoms. The van der Waals surface area contributed by atoms with Crippen LogP contribution in [0.1, 0.15) is 27.4 Å². The van der Waals surface area contributed by atoms with Crippen LogP contribution in [-0.4, -0.2) is 32.8 Å². The molecule has 2 heterocycles. The number of hydrogen-bond acceptors (Lipinski definition) is 5. The fraction of sp³-hybridized carbons (Fsp3) is 0.182. The SMILES string of the molecule is COCc1nn2c(C)c(C(=O)Nc3cccc(C)c3)nnc2c1-c1ccc(Cl)cc1. The van der Waals surface area contributed by atoms with E-state index in [4.69, 9.17) is 16.3 Å². The zero-order chi connectivity index (χ0) is 21.3. The van der Waals surface area contributed by atoms with Crippen LogP contribution in [0, 0.1) is 13.8 Å². The van der Waals surface area contributed by atoms with E-state index in [0.717, 1.165) is 16.7 Å². The van der Waals surface area contributed by atoms with Gasteiger partial charge in [-0.15, -0.1) is 10.2 Å². The van der Waals surface area contributed by atoms with Crippen LogP contribution in [-0.2, 0) is 11.3 Å². The standard InChI is InChI=1S/C22H20ClN5O2/c1-13-5-4-6-17(11-13)24-22(29)20-14(2)28-21(26-25-20)19(18(27-28)12-30-3)15-7-9-16(23)10-8-15/h4-11H,12H2,1-3H3,(H,24,29). The fourth-order valence-electron chi connectivity index (χ4n) is 3.32. The molecule has 0 bridgehead atoms. The number of anilines is 1. The largest absolute Gasteiger partial charge is 0.378 e. The van der Waals surface area contributed by atoms with Gasteiger partial charge in [-0.2, -0.15) is 5.10 Å². The van der Waals surface area contributed by atoms with Gasteiger partial charge in [0.25, 0.3) is 5.91 Å². The van der Waals surface area contributed by atoms with E-state index in [0.29, 0.717) is 34.4 Å². The van der Waals surface area contributed by atoms with E-state index in [1.54, 1.807) is 30.7 Å². The molecule has 0 saturated heterocycles. The van der Waals surface area contributed by atoms with E-state index in [9.17, 15) is 4.79 Å². The third-order valence-electron chi connectivity index (χ3n) is 4.74. The molecule has 0 atom stereocenters. The average molecular weight is 422 g/mol. The Kier molecular flexibility index (Phi) is 5.48. The predicted molar refractivity (Wildman–Crippen MR) is 116 cm³/mol. The number of fused-ring (bicyclic) bond motifs is 1. The molecule has 0 unspecified atom stereocenters. The predicted octanol–water partition coefficient (Wildman–Crippen LogP) is 4.46. The third-order valence-corrected chi connectivity index (χ3v) is 5.00. The first-order chi connectivity index (χ1) is 14.5. The summed E-state index contributed by atoms with van der Waals surface area (Å²) in [4.78, 5) is 12.8. The number of nitrogens with zero attached hydrogens (tertiary/aromatic N) is 4. The Morgan fingerprint density at radius 3 is 2.60 bits per heavy atom. The number of amides is 1. The van der Waals surface area contributed by atoms with E-state index < -0.39 is 0 Å². The van der Waals surface area contributed by atoms with Gasteiger partial charge < -0.3 is 10.1 Å². The van der Waals surface area contributed by atoms with Gasteiger partial charge in [0.2, 0.25) is 0 Å². The Morgan fingerprint density at radius 2 is 1.90 bits per heavy atom. The molecule has 30 heavy (non-hydrogen) atoms. The molecule has 0 spiro atoms. The van der Waals surface area contributed by atoms with Crippen molar-refractivity contribution in [3.05, 3.63) is 76.2 Å². The molecule has 1 N–H and O–H groups in total. The minimum atomic E-state index is -0.343. The van der Waals surface area contributed by atoms with Gasteiger partial charge in [0.05, 0.1) is 23.6 Å². The minimum Gasteiger partial charge on any atom is -0.378 e. The fourth-order valence-corrected chi connectivity index (χ4v) is 3.45. The first kappa shape index (κ1) is 20.0. The van der Waals surface area contributed by atoms with Gasteiger partial charge in [0, 0.05) is 17.8 Å². The number of carbonyl (C=O) groups excluding carboxylic acids is 1. The summed E-state index contributed by atoms with van der Waals surface area (Å²) in [5.41, 5.74) is 5.49. The van der Waals surface area contributed by atoms with Crippen molar-refractivity contribution in [1.82, 2.24) is 19.8 Å². The molecule has 152 valence electrons. The Bertz CT molecular complexity index is 1230. The summed E-state index contributed by atoms with van der Waals surface area (Å²) >= 11 is 6.03. The van der Waals surface area contributed by atoms with E-state index in [2.05, 4.69) is 20.6 Å². The van der Waals surface area contributed by atoms with Gasteiger partial charge in [-0.3, -0.25) is 4.79 Å². The number of ether oxygens (including phenoxy) is 1. The summed E-state index contributed by atoms with van der Waals surface area (Å²) < 4.78 is 6.96. The maximum absolute atomic E-state index is 12.8. The van der Waals surface area contributed by atoms with Crippen molar-refractivity contribution in [3.63, 3.8) is 0 Å². The van der Waals surface area contributed by atoms with Crippen molar-refractivity contribution in [2.24, 2.45) is 0 Å². The van der Waals surface area contributed by atoms with Crippen LogP contribution in [0.4, 0.5) is 5.69 Å². The summed E-state index contributed by atoms with van der Waals surface area (Å²) in [5, 5.41) is 16.7. The zero-order valence-corrected chi connectivity index (χ0v) is 17.6. The molecule has 0 aliphatic carbocycles. The van der Waals surface area contributed by atoms with Crippen molar-refractivity contribution in [3.8, 4) is 11.1 Å². The highest BCUT2D eigenvalue weighted by molar-refractivity contribution is 6.30. The van der Waals surface area contributed by atoms with Crippen molar-refractivity contribution in [1.29, 1.82) is 0 Å². The normalized spacial score (nSPS) is 11.1. The summed E-state index contributed by atoms with van der Waals surface area (Å²) in [6, 6.07) is 15.0. The number of rotatable bonds is 5. The maximum atomic E-state index is 12.8. The molecule has 0 fully saturated rings. The van der Waals surface area contributed by atoms with Crippen molar-refractivity contribution < 1.29 is 9.53 Å². The van der Waals surface area contributed by atoms with Gasteiger partial charge in [0.15, 0.2) is 11.3 Å². The van der Waals surface area contributed by atoms with Crippen LogP contribution in [0.25, 0.3) is 16.8 Å². The summed E-state index contributed by atoms with van der Waals surface area (Å²) in [7, 11) is 1.61. The smallest absolute Gasteiger partial charge is 0.278 e. The van der Waals surface area contributed by atoms with Crippen molar-refractivity contribution in [2.45, 2.75) is 20.5 Å². The van der Waals surface area contributed by atoms with Crippen LogP contribution in [0.15, 0.2) is 48.5 Å². The molecule has 7 nitrogen and oxygen atoms in total. The molecule has 1 amide bonds. The Hall–Kier alpha value is -3.29. The van der Waals surface area contributed by atoms with Crippen LogP contribution in [0.5, 0.6) is 0 Å². The lowest BCUT2D eigenvalue weighted by Gasteiger charge is -2.08. The number of aromatic nitrogens is 4. The number of hydrogen-bond donors (Lipinski definition) is 1. The molecular weight excluding hydrogens is 402 g/mol. The highest BCUT2D eigenvalue weighted by atomic mass is 35.5. The molecular formula is C22H20ClN5O2. The second-order valence-electron chi connectivity index (χ2n) is 6.95. The molecule has 2 aromatic carbocycles. The molecule has 4 rings (SSSR count). The van der Waals surface area contributed by atoms with Gasteiger partial charge >= 0.3 is 0 Å². The number of aryl methyl sites for hydroxylation is 2. The monoisotopic (exact) mass is 421 g/mol. The first-order valence-corrected chi connectivity index (χ1v) is 9.73. The highest BCUT2D eigenvalue weighted by Gasteiger charge is 2.22. The van der Waals surface area contributed by atoms with Gasteiger partial charge in [-0.1, -0.05) is 35.9 Å². The molecule has 2 aromatic heterocycles. The molecule has 0 radical (unpaired) electrons.